The van der Waals surface area contributed by atoms with E-state index in [1.807, 2.05) is 18.0 Å². The van der Waals surface area contributed by atoms with E-state index in [0.29, 0.717) is 6.42 Å². The molecule has 1 amide bonds. The first kappa shape index (κ1) is 13.2. The molecule has 1 saturated heterocycles. The lowest BCUT2D eigenvalue weighted by atomic mass is 10.0. The average molecular weight is 225 g/mol. The van der Waals surface area contributed by atoms with E-state index in [1.165, 1.54) is 0 Å². The Labute approximate surface area is 97.9 Å². The summed E-state index contributed by atoms with van der Waals surface area (Å²) in [6, 6.07) is 0.512. The van der Waals surface area contributed by atoms with Crippen LogP contribution in [0.2, 0.25) is 0 Å². The Morgan fingerprint density at radius 3 is 2.75 bits per heavy atom. The van der Waals surface area contributed by atoms with E-state index in [0.717, 1.165) is 32.4 Å². The second kappa shape index (κ2) is 6.66. The third kappa shape index (κ3) is 3.94. The van der Waals surface area contributed by atoms with Crippen LogP contribution >= 0.6 is 0 Å². The second-order valence-corrected chi connectivity index (χ2v) is 4.39. The Hall–Kier alpha value is -0.870. The maximum atomic E-state index is 11.9. The lowest BCUT2D eigenvalue weighted by Crippen LogP contribution is -2.43. The summed E-state index contributed by atoms with van der Waals surface area (Å²) in [5, 5.41) is 3.11. The molecule has 0 aromatic carbocycles. The number of likely N-dealkylation sites (N-methyl/N-ethyl adjacent to an activating group) is 1. The van der Waals surface area contributed by atoms with Gasteiger partial charge in [0.15, 0.2) is 0 Å². The summed E-state index contributed by atoms with van der Waals surface area (Å²) < 4.78 is 0. The van der Waals surface area contributed by atoms with Gasteiger partial charge in [0, 0.05) is 31.6 Å². The number of nitrogens with two attached hydrogens (primary N) is 1. The molecule has 0 aromatic rings. The summed E-state index contributed by atoms with van der Waals surface area (Å²) in [5.74, 6) is 0.244. The molecule has 1 unspecified atom stereocenters. The fourth-order valence-electron chi connectivity index (χ4n) is 1.97. The van der Waals surface area contributed by atoms with Crippen molar-refractivity contribution in [2.24, 2.45) is 5.73 Å². The largest absolute Gasteiger partial charge is 0.343 e. The first-order chi connectivity index (χ1) is 7.67. The van der Waals surface area contributed by atoms with Gasteiger partial charge in [0.25, 0.3) is 0 Å². The molecule has 92 valence electrons. The lowest BCUT2D eigenvalue weighted by Gasteiger charge is -2.30. The zero-order chi connectivity index (χ0) is 12.0. The van der Waals surface area contributed by atoms with Crippen molar-refractivity contribution in [3.05, 3.63) is 12.7 Å². The highest BCUT2D eigenvalue weighted by Crippen LogP contribution is 2.11. The van der Waals surface area contributed by atoms with Crippen LogP contribution in [0.25, 0.3) is 0 Å². The summed E-state index contributed by atoms with van der Waals surface area (Å²) in [7, 11) is 1.89. The molecule has 0 aromatic heterocycles. The van der Waals surface area contributed by atoms with Crippen LogP contribution < -0.4 is 11.1 Å². The molecular formula is C12H23N3O. The van der Waals surface area contributed by atoms with Gasteiger partial charge in [-0.25, -0.2) is 0 Å². The summed E-state index contributed by atoms with van der Waals surface area (Å²) >= 11 is 0. The highest BCUT2D eigenvalue weighted by molar-refractivity contribution is 5.76. The second-order valence-electron chi connectivity index (χ2n) is 4.39. The Morgan fingerprint density at radius 2 is 2.25 bits per heavy atom. The molecule has 1 aliphatic rings. The van der Waals surface area contributed by atoms with Crippen LogP contribution in [0.4, 0.5) is 0 Å². The summed E-state index contributed by atoms with van der Waals surface area (Å²) in [6.45, 7) is 5.36. The van der Waals surface area contributed by atoms with Gasteiger partial charge in [-0.3, -0.25) is 4.79 Å². The van der Waals surface area contributed by atoms with E-state index in [1.54, 1.807) is 0 Å². The quantitative estimate of drug-likeness (QED) is 0.670. The average Bonchev–Trinajstić information content (AvgIpc) is 2.31. The van der Waals surface area contributed by atoms with Gasteiger partial charge in [-0.15, -0.1) is 6.58 Å². The molecular weight excluding hydrogens is 202 g/mol. The number of hydrogen-bond donors (Lipinski definition) is 2. The van der Waals surface area contributed by atoms with Gasteiger partial charge in [-0.05, 0) is 26.3 Å². The highest BCUT2D eigenvalue weighted by atomic mass is 16.2. The molecule has 1 heterocycles. The van der Waals surface area contributed by atoms with Gasteiger partial charge in [0.1, 0.15) is 0 Å². The van der Waals surface area contributed by atoms with Crippen molar-refractivity contribution in [3.8, 4) is 0 Å². The number of carbonyl (C=O) groups is 1. The van der Waals surface area contributed by atoms with Gasteiger partial charge in [0.2, 0.25) is 5.91 Å². The van der Waals surface area contributed by atoms with Crippen molar-refractivity contribution in [2.75, 3.05) is 20.1 Å². The molecule has 16 heavy (non-hydrogen) atoms. The molecule has 3 N–H and O–H groups in total. The van der Waals surface area contributed by atoms with E-state index in [-0.39, 0.29) is 18.0 Å². The number of amides is 1. The van der Waals surface area contributed by atoms with E-state index in [4.69, 9.17) is 5.73 Å². The van der Waals surface area contributed by atoms with Gasteiger partial charge in [0.05, 0.1) is 0 Å². The van der Waals surface area contributed by atoms with E-state index in [2.05, 4.69) is 11.9 Å². The van der Waals surface area contributed by atoms with Crippen molar-refractivity contribution >= 4 is 5.91 Å². The molecule has 1 atom stereocenters. The molecule has 0 radical (unpaired) electrons. The molecule has 0 bridgehead atoms. The van der Waals surface area contributed by atoms with Crippen molar-refractivity contribution in [1.29, 1.82) is 0 Å². The Kier molecular flexibility index (Phi) is 5.49. The fourth-order valence-corrected chi connectivity index (χ4v) is 1.97. The normalized spacial score (nSPS) is 19.5. The van der Waals surface area contributed by atoms with Crippen LogP contribution in [-0.2, 0) is 4.79 Å². The van der Waals surface area contributed by atoms with Gasteiger partial charge < -0.3 is 16.0 Å². The lowest BCUT2D eigenvalue weighted by molar-refractivity contribution is -0.132. The molecule has 0 aliphatic carbocycles. The van der Waals surface area contributed by atoms with E-state index >= 15 is 0 Å². The van der Waals surface area contributed by atoms with Gasteiger partial charge in [-0.2, -0.15) is 0 Å². The van der Waals surface area contributed by atoms with Gasteiger partial charge >= 0.3 is 0 Å². The van der Waals surface area contributed by atoms with Crippen LogP contribution in [0.1, 0.15) is 25.7 Å². The number of nitrogens with zero attached hydrogens (tertiary/aromatic N) is 1. The molecule has 1 rings (SSSR count). The van der Waals surface area contributed by atoms with E-state index in [9.17, 15) is 4.79 Å². The van der Waals surface area contributed by atoms with Crippen LogP contribution in [0.3, 0.4) is 0 Å². The monoisotopic (exact) mass is 225 g/mol. The molecule has 4 heteroatoms. The number of nitrogens with one attached hydrogen (secondary N) is 1. The first-order valence-electron chi connectivity index (χ1n) is 6.00. The number of rotatable bonds is 5. The Bertz CT molecular complexity index is 234. The minimum atomic E-state index is 0.232. The molecule has 1 fully saturated rings. The predicted octanol–water partition coefficient (Wildman–Crippen LogP) is 0.490. The Balaban J connectivity index is 2.27. The first-order valence-corrected chi connectivity index (χ1v) is 6.00. The number of hydrogen-bond acceptors (Lipinski definition) is 3. The minimum Gasteiger partial charge on any atom is -0.343 e. The van der Waals surface area contributed by atoms with Crippen LogP contribution in [0, 0.1) is 0 Å². The van der Waals surface area contributed by atoms with Crippen molar-refractivity contribution in [1.82, 2.24) is 10.2 Å². The van der Waals surface area contributed by atoms with Gasteiger partial charge in [-0.1, -0.05) is 6.08 Å². The number of likely N-dealkylation sites (tertiary alicyclic amines) is 1. The standard InChI is InChI=1S/C12H23N3O/c1-3-11(14-2)4-5-12(16)15-8-6-10(13)7-9-15/h3,10-11,14H,1,4-9,13H2,2H3. The third-order valence-corrected chi connectivity index (χ3v) is 3.22. The number of carbonyl (C=O) groups excluding carboxylic acids is 1. The number of piperidine rings is 1. The summed E-state index contributed by atoms with van der Waals surface area (Å²) in [6.07, 6.45) is 5.12. The van der Waals surface area contributed by atoms with Crippen molar-refractivity contribution in [3.63, 3.8) is 0 Å². The third-order valence-electron chi connectivity index (χ3n) is 3.22. The molecule has 0 saturated carbocycles. The predicted molar refractivity (Wildman–Crippen MR) is 66.1 cm³/mol. The fraction of sp³-hybridized carbons (Fsp3) is 0.750. The SMILES string of the molecule is C=CC(CCC(=O)N1CCC(N)CC1)NC. The summed E-state index contributed by atoms with van der Waals surface area (Å²) in [4.78, 5) is 13.8. The van der Waals surface area contributed by atoms with Crippen LogP contribution in [0.5, 0.6) is 0 Å². The zero-order valence-corrected chi connectivity index (χ0v) is 10.1. The van der Waals surface area contributed by atoms with Crippen molar-refractivity contribution in [2.45, 2.75) is 37.8 Å². The maximum absolute atomic E-state index is 11.9. The zero-order valence-electron chi connectivity index (χ0n) is 10.1. The topological polar surface area (TPSA) is 58.4 Å². The smallest absolute Gasteiger partial charge is 0.222 e. The van der Waals surface area contributed by atoms with Crippen molar-refractivity contribution < 1.29 is 4.79 Å². The molecule has 1 aliphatic heterocycles. The Morgan fingerprint density at radius 1 is 1.62 bits per heavy atom. The minimum absolute atomic E-state index is 0.232. The van der Waals surface area contributed by atoms with E-state index < -0.39 is 0 Å². The van der Waals surface area contributed by atoms with Crippen LogP contribution in [0.15, 0.2) is 12.7 Å². The summed E-state index contributed by atoms with van der Waals surface area (Å²) in [5.41, 5.74) is 5.80. The molecule has 0 spiro atoms. The highest BCUT2D eigenvalue weighted by Gasteiger charge is 2.20. The van der Waals surface area contributed by atoms with Crippen LogP contribution in [-0.4, -0.2) is 43.0 Å². The maximum Gasteiger partial charge on any atom is 0.222 e. The molecule has 4 nitrogen and oxygen atoms in total.